The van der Waals surface area contributed by atoms with Crippen LogP contribution in [-0.4, -0.2) is 23.2 Å². The lowest BCUT2D eigenvalue weighted by Crippen LogP contribution is -2.22. The largest absolute Gasteiger partial charge is 0.266 e. The fourth-order valence-electron chi connectivity index (χ4n) is 2.02. The van der Waals surface area contributed by atoms with E-state index in [9.17, 15) is 8.42 Å². The summed E-state index contributed by atoms with van der Waals surface area (Å²) in [6.07, 6.45) is 1.71. The molecule has 3 heterocycles. The van der Waals surface area contributed by atoms with Gasteiger partial charge < -0.3 is 0 Å². The number of pyridine rings is 1. The zero-order valence-corrected chi connectivity index (χ0v) is 13.4. The second-order valence-electron chi connectivity index (χ2n) is 4.62. The lowest BCUT2D eigenvalue weighted by molar-refractivity contribution is 0.581. The summed E-state index contributed by atoms with van der Waals surface area (Å²) in [6, 6.07) is 10.7. The molecule has 0 saturated carbocycles. The van der Waals surface area contributed by atoms with Crippen molar-refractivity contribution in [3.05, 3.63) is 53.7 Å². The Labute approximate surface area is 132 Å². The van der Waals surface area contributed by atoms with E-state index in [-0.39, 0.29) is 6.54 Å². The first-order chi connectivity index (χ1) is 10.6. The number of aromatic nitrogens is 3. The van der Waals surface area contributed by atoms with Gasteiger partial charge in [0.15, 0.2) is 0 Å². The maximum Gasteiger partial charge on any atom is 0.250 e. The average Bonchev–Trinajstić information content (AvgIpc) is 3.16. The van der Waals surface area contributed by atoms with Gasteiger partial charge in [0.25, 0.3) is 0 Å². The van der Waals surface area contributed by atoms with Crippen LogP contribution in [0.25, 0.3) is 11.4 Å². The molecule has 0 aliphatic heterocycles. The van der Waals surface area contributed by atoms with Crippen LogP contribution in [0.4, 0.5) is 0 Å². The molecule has 3 aromatic rings. The molecule has 0 aliphatic carbocycles. The Balaban J connectivity index is 1.78. The molecule has 0 unspecified atom stereocenters. The number of thiophene rings is 1. The minimum atomic E-state index is -3.48. The van der Waals surface area contributed by atoms with Crippen molar-refractivity contribution in [1.82, 2.24) is 19.5 Å². The molecule has 0 spiro atoms. The van der Waals surface area contributed by atoms with Crippen molar-refractivity contribution in [2.45, 2.75) is 10.8 Å². The molecular formula is C14H14N4O2S2. The molecule has 0 saturated heterocycles. The Morgan fingerprint density at radius 1 is 1.27 bits per heavy atom. The highest BCUT2D eigenvalue weighted by Crippen LogP contribution is 2.18. The number of rotatable bonds is 5. The Hall–Kier alpha value is -2.03. The maximum absolute atomic E-state index is 12.1. The van der Waals surface area contributed by atoms with Crippen LogP contribution in [0.5, 0.6) is 0 Å². The third kappa shape index (κ3) is 3.08. The van der Waals surface area contributed by atoms with E-state index >= 15 is 0 Å². The second-order valence-corrected chi connectivity index (χ2v) is 7.56. The van der Waals surface area contributed by atoms with Gasteiger partial charge >= 0.3 is 0 Å². The lowest BCUT2D eigenvalue weighted by atomic mass is 10.2. The number of hydrogen-bond donors (Lipinski definition) is 1. The van der Waals surface area contributed by atoms with E-state index in [1.807, 2.05) is 24.3 Å². The minimum absolute atomic E-state index is 0.140. The molecule has 0 aromatic carbocycles. The highest BCUT2D eigenvalue weighted by molar-refractivity contribution is 7.91. The lowest BCUT2D eigenvalue weighted by Gasteiger charge is -2.01. The van der Waals surface area contributed by atoms with E-state index in [4.69, 9.17) is 0 Å². The van der Waals surface area contributed by atoms with Gasteiger partial charge in [-0.25, -0.2) is 13.1 Å². The summed E-state index contributed by atoms with van der Waals surface area (Å²) in [7, 11) is -1.67. The minimum Gasteiger partial charge on any atom is -0.266 e. The van der Waals surface area contributed by atoms with Crippen LogP contribution < -0.4 is 4.72 Å². The third-order valence-corrected chi connectivity index (χ3v) is 5.86. The first-order valence-corrected chi connectivity index (χ1v) is 8.90. The normalized spacial score (nSPS) is 11.7. The predicted molar refractivity (Wildman–Crippen MR) is 84.8 cm³/mol. The maximum atomic E-state index is 12.1. The van der Waals surface area contributed by atoms with Crippen molar-refractivity contribution in [1.29, 1.82) is 0 Å². The molecule has 0 aliphatic rings. The van der Waals surface area contributed by atoms with Crippen molar-refractivity contribution in [3.63, 3.8) is 0 Å². The van der Waals surface area contributed by atoms with E-state index in [0.29, 0.717) is 9.90 Å². The van der Waals surface area contributed by atoms with Crippen LogP contribution >= 0.6 is 11.3 Å². The quantitative estimate of drug-likeness (QED) is 0.774. The SMILES string of the molecule is Cn1nc(CNS(=O)(=O)c2cccs2)cc1-c1ccccn1. The topological polar surface area (TPSA) is 76.9 Å². The number of sulfonamides is 1. The van der Waals surface area contributed by atoms with Gasteiger partial charge in [0.1, 0.15) is 4.21 Å². The first-order valence-electron chi connectivity index (χ1n) is 6.54. The van der Waals surface area contributed by atoms with Gasteiger partial charge in [-0.15, -0.1) is 11.3 Å². The van der Waals surface area contributed by atoms with E-state index in [0.717, 1.165) is 11.4 Å². The summed E-state index contributed by atoms with van der Waals surface area (Å²) in [5.74, 6) is 0. The summed E-state index contributed by atoms with van der Waals surface area (Å²) < 4.78 is 28.7. The Morgan fingerprint density at radius 2 is 2.14 bits per heavy atom. The predicted octanol–water partition coefficient (Wildman–Crippen LogP) is 2.02. The molecule has 3 aromatic heterocycles. The van der Waals surface area contributed by atoms with Crippen molar-refractivity contribution in [2.24, 2.45) is 7.05 Å². The van der Waals surface area contributed by atoms with Crippen LogP contribution in [0.15, 0.2) is 52.2 Å². The summed E-state index contributed by atoms with van der Waals surface area (Å²) >= 11 is 1.18. The van der Waals surface area contributed by atoms with Gasteiger partial charge in [-0.3, -0.25) is 9.67 Å². The smallest absolute Gasteiger partial charge is 0.250 e. The molecule has 0 radical (unpaired) electrons. The highest BCUT2D eigenvalue weighted by Gasteiger charge is 2.16. The highest BCUT2D eigenvalue weighted by atomic mass is 32.2. The molecule has 1 N–H and O–H groups in total. The number of nitrogens with zero attached hydrogens (tertiary/aromatic N) is 3. The van der Waals surface area contributed by atoms with Gasteiger partial charge in [0.2, 0.25) is 10.0 Å². The second kappa shape index (κ2) is 5.99. The fourth-order valence-corrected chi connectivity index (χ4v) is 4.06. The van der Waals surface area contributed by atoms with Crippen LogP contribution in [0, 0.1) is 0 Å². The molecule has 22 heavy (non-hydrogen) atoms. The van der Waals surface area contributed by atoms with Gasteiger partial charge in [0, 0.05) is 13.2 Å². The third-order valence-electron chi connectivity index (χ3n) is 3.06. The van der Waals surface area contributed by atoms with Crippen molar-refractivity contribution >= 4 is 21.4 Å². The zero-order valence-electron chi connectivity index (χ0n) is 11.8. The van der Waals surface area contributed by atoms with Gasteiger partial charge in [0.05, 0.1) is 23.6 Å². The first kappa shape index (κ1) is 14.9. The molecule has 0 fully saturated rings. The Bertz CT molecular complexity index is 856. The van der Waals surface area contributed by atoms with E-state index in [1.54, 1.807) is 35.4 Å². The molecule has 3 rings (SSSR count). The summed E-state index contributed by atoms with van der Waals surface area (Å²) in [4.78, 5) is 4.27. The van der Waals surface area contributed by atoms with Crippen LogP contribution in [-0.2, 0) is 23.6 Å². The van der Waals surface area contributed by atoms with Crippen molar-refractivity contribution in [3.8, 4) is 11.4 Å². The van der Waals surface area contributed by atoms with Gasteiger partial charge in [-0.05, 0) is 29.6 Å². The standard InChI is InChI=1S/C14H14N4O2S2/c1-18-13(12-5-2-3-7-15-12)9-11(17-18)10-16-22(19,20)14-6-4-8-21-14/h2-9,16H,10H2,1H3. The summed E-state index contributed by atoms with van der Waals surface area (Å²) in [5.41, 5.74) is 2.28. The molecular weight excluding hydrogens is 320 g/mol. The molecule has 114 valence electrons. The number of aryl methyl sites for hydroxylation is 1. The molecule has 0 amide bonds. The van der Waals surface area contributed by atoms with E-state index < -0.39 is 10.0 Å². The monoisotopic (exact) mass is 334 g/mol. The molecule has 8 heteroatoms. The number of nitrogens with one attached hydrogen (secondary N) is 1. The Morgan fingerprint density at radius 3 is 2.82 bits per heavy atom. The van der Waals surface area contributed by atoms with E-state index in [2.05, 4.69) is 14.8 Å². The molecule has 6 nitrogen and oxygen atoms in total. The van der Waals surface area contributed by atoms with Crippen molar-refractivity contribution < 1.29 is 8.42 Å². The summed E-state index contributed by atoms with van der Waals surface area (Å²) in [6.45, 7) is 0.140. The summed E-state index contributed by atoms with van der Waals surface area (Å²) in [5, 5.41) is 6.06. The fraction of sp³-hybridized carbons (Fsp3) is 0.143. The van der Waals surface area contributed by atoms with Crippen molar-refractivity contribution in [2.75, 3.05) is 0 Å². The molecule has 0 bridgehead atoms. The van der Waals surface area contributed by atoms with E-state index in [1.165, 1.54) is 11.3 Å². The molecule has 0 atom stereocenters. The average molecular weight is 334 g/mol. The number of hydrogen-bond acceptors (Lipinski definition) is 5. The van der Waals surface area contributed by atoms with Gasteiger partial charge in [-0.1, -0.05) is 12.1 Å². The Kier molecular flexibility index (Phi) is 4.06. The van der Waals surface area contributed by atoms with Gasteiger partial charge in [-0.2, -0.15) is 5.10 Å². The van der Waals surface area contributed by atoms with Crippen LogP contribution in [0.1, 0.15) is 5.69 Å². The zero-order chi connectivity index (χ0) is 15.6. The van der Waals surface area contributed by atoms with Crippen LogP contribution in [0.3, 0.4) is 0 Å². The van der Waals surface area contributed by atoms with Crippen LogP contribution in [0.2, 0.25) is 0 Å².